The summed E-state index contributed by atoms with van der Waals surface area (Å²) in [5.41, 5.74) is 3.11. The van der Waals surface area contributed by atoms with Gasteiger partial charge in [-0.3, -0.25) is 0 Å². The Morgan fingerprint density at radius 3 is 2.78 bits per heavy atom. The summed E-state index contributed by atoms with van der Waals surface area (Å²) in [6, 6.07) is 6.72. The summed E-state index contributed by atoms with van der Waals surface area (Å²) in [7, 11) is 0. The first-order valence-corrected chi connectivity index (χ1v) is 7.74. The summed E-state index contributed by atoms with van der Waals surface area (Å²) in [5, 5.41) is 3.77. The fraction of sp³-hybridized carbons (Fsp3) is 0.600. The minimum absolute atomic E-state index is 0.402. The van der Waals surface area contributed by atoms with E-state index in [0.29, 0.717) is 5.54 Å². The van der Waals surface area contributed by atoms with Crippen molar-refractivity contribution in [2.75, 3.05) is 24.5 Å². The summed E-state index contributed by atoms with van der Waals surface area (Å²) in [4.78, 5) is 2.56. The lowest BCUT2D eigenvalue weighted by molar-refractivity contribution is 0.304. The Balaban J connectivity index is 1.81. The van der Waals surface area contributed by atoms with Gasteiger partial charge in [0.25, 0.3) is 0 Å². The number of benzene rings is 1. The number of anilines is 1. The third-order valence-electron chi connectivity index (χ3n) is 4.44. The first-order chi connectivity index (χ1) is 8.69. The van der Waals surface area contributed by atoms with Crippen molar-refractivity contribution in [1.82, 2.24) is 5.32 Å². The fourth-order valence-electron chi connectivity index (χ4n) is 3.39. The molecule has 3 rings (SSSR count). The molecule has 1 aliphatic heterocycles. The Labute approximate surface area is 118 Å². The van der Waals surface area contributed by atoms with Crippen molar-refractivity contribution in [1.29, 1.82) is 0 Å². The molecule has 0 bridgehead atoms. The molecule has 2 aliphatic rings. The molecule has 18 heavy (non-hydrogen) atoms. The summed E-state index contributed by atoms with van der Waals surface area (Å²) in [5.74, 6) is 0. The van der Waals surface area contributed by atoms with E-state index in [4.69, 9.17) is 0 Å². The highest BCUT2D eigenvalue weighted by Gasteiger charge is 2.37. The summed E-state index contributed by atoms with van der Waals surface area (Å²) in [6.07, 6.45) is 5.47. The minimum atomic E-state index is 0.402. The highest BCUT2D eigenvalue weighted by Crippen LogP contribution is 2.34. The Kier molecular flexibility index (Phi) is 3.37. The van der Waals surface area contributed by atoms with Crippen LogP contribution in [-0.2, 0) is 0 Å². The zero-order chi connectivity index (χ0) is 12.6. The summed E-state index contributed by atoms with van der Waals surface area (Å²) in [6.45, 7) is 5.59. The average molecular weight is 309 g/mol. The van der Waals surface area contributed by atoms with Crippen molar-refractivity contribution < 1.29 is 0 Å². The molecule has 0 amide bonds. The molecule has 1 aromatic carbocycles. The topological polar surface area (TPSA) is 15.3 Å². The van der Waals surface area contributed by atoms with Gasteiger partial charge in [-0.1, -0.05) is 28.8 Å². The van der Waals surface area contributed by atoms with Crippen molar-refractivity contribution in [2.45, 2.75) is 38.1 Å². The van der Waals surface area contributed by atoms with Crippen molar-refractivity contribution in [3.8, 4) is 0 Å². The Hall–Kier alpha value is -0.540. The van der Waals surface area contributed by atoms with Gasteiger partial charge in [0, 0.05) is 35.3 Å². The molecule has 1 saturated heterocycles. The lowest BCUT2D eigenvalue weighted by atomic mass is 9.94. The van der Waals surface area contributed by atoms with Crippen LogP contribution in [0.1, 0.15) is 31.2 Å². The third kappa shape index (κ3) is 2.30. The predicted molar refractivity (Wildman–Crippen MR) is 80.3 cm³/mol. The molecular weight excluding hydrogens is 288 g/mol. The molecule has 0 aromatic heterocycles. The second kappa shape index (κ2) is 4.86. The van der Waals surface area contributed by atoms with Crippen molar-refractivity contribution in [3.05, 3.63) is 28.2 Å². The molecule has 1 saturated carbocycles. The van der Waals surface area contributed by atoms with Crippen LogP contribution in [0.2, 0.25) is 0 Å². The highest BCUT2D eigenvalue weighted by atomic mass is 79.9. The van der Waals surface area contributed by atoms with Crippen LogP contribution in [0.3, 0.4) is 0 Å². The van der Waals surface area contributed by atoms with Crippen LogP contribution in [0.5, 0.6) is 0 Å². The van der Waals surface area contributed by atoms with Crippen molar-refractivity contribution in [2.24, 2.45) is 0 Å². The molecule has 1 N–H and O–H groups in total. The molecule has 0 atom stereocenters. The maximum Gasteiger partial charge on any atom is 0.0370 e. The quantitative estimate of drug-likeness (QED) is 0.854. The van der Waals surface area contributed by atoms with E-state index < -0.39 is 0 Å². The number of aryl methyl sites for hydroxylation is 1. The smallest absolute Gasteiger partial charge is 0.0370 e. The zero-order valence-corrected chi connectivity index (χ0v) is 12.6. The van der Waals surface area contributed by atoms with E-state index in [0.717, 1.165) is 13.1 Å². The molecule has 3 heteroatoms. The highest BCUT2D eigenvalue weighted by molar-refractivity contribution is 9.10. The predicted octanol–water partition coefficient (Wildman–Crippen LogP) is 3.48. The number of nitrogens with zero attached hydrogens (tertiary/aromatic N) is 1. The Morgan fingerprint density at radius 2 is 2.06 bits per heavy atom. The molecule has 98 valence electrons. The van der Waals surface area contributed by atoms with Gasteiger partial charge in [-0.25, -0.2) is 0 Å². The number of halogens is 1. The van der Waals surface area contributed by atoms with E-state index in [1.54, 1.807) is 0 Å². The molecule has 1 aromatic rings. The largest absolute Gasteiger partial charge is 0.368 e. The second-order valence-corrected chi connectivity index (χ2v) is 6.62. The van der Waals surface area contributed by atoms with Gasteiger partial charge < -0.3 is 10.2 Å². The summed E-state index contributed by atoms with van der Waals surface area (Å²) >= 11 is 3.58. The molecule has 1 heterocycles. The van der Waals surface area contributed by atoms with E-state index in [-0.39, 0.29) is 0 Å². The third-order valence-corrected chi connectivity index (χ3v) is 5.33. The maximum atomic E-state index is 3.77. The molecule has 1 aliphatic carbocycles. The van der Waals surface area contributed by atoms with Gasteiger partial charge in [0.15, 0.2) is 0 Å². The van der Waals surface area contributed by atoms with E-state index in [1.807, 2.05) is 0 Å². The number of piperazine rings is 1. The Morgan fingerprint density at radius 1 is 1.28 bits per heavy atom. The first-order valence-electron chi connectivity index (χ1n) is 6.95. The molecule has 0 unspecified atom stereocenters. The molecule has 2 nitrogen and oxygen atoms in total. The van der Waals surface area contributed by atoms with Crippen LogP contribution >= 0.6 is 15.9 Å². The zero-order valence-electron chi connectivity index (χ0n) is 11.0. The monoisotopic (exact) mass is 308 g/mol. The average Bonchev–Trinajstić information content (AvgIpc) is 2.81. The number of nitrogens with one attached hydrogen (secondary N) is 1. The minimum Gasteiger partial charge on any atom is -0.368 e. The number of rotatable bonds is 1. The van der Waals surface area contributed by atoms with Gasteiger partial charge in [-0.15, -0.1) is 0 Å². The van der Waals surface area contributed by atoms with E-state index >= 15 is 0 Å². The van der Waals surface area contributed by atoms with Crippen LogP contribution in [0.15, 0.2) is 22.7 Å². The molecule has 1 spiro atoms. The van der Waals surface area contributed by atoms with Gasteiger partial charge in [0.1, 0.15) is 0 Å². The Bertz CT molecular complexity index is 438. The first kappa shape index (κ1) is 12.5. The number of hydrogen-bond donors (Lipinski definition) is 1. The van der Waals surface area contributed by atoms with Gasteiger partial charge >= 0.3 is 0 Å². The fourth-order valence-corrected chi connectivity index (χ4v) is 3.64. The van der Waals surface area contributed by atoms with Gasteiger partial charge in [0.2, 0.25) is 0 Å². The van der Waals surface area contributed by atoms with Gasteiger partial charge in [-0.2, -0.15) is 0 Å². The van der Waals surface area contributed by atoms with Crippen LogP contribution in [0, 0.1) is 6.92 Å². The molecule has 2 fully saturated rings. The lowest BCUT2D eigenvalue weighted by Crippen LogP contribution is -2.59. The molecule has 0 radical (unpaired) electrons. The van der Waals surface area contributed by atoms with Crippen LogP contribution < -0.4 is 10.2 Å². The number of hydrogen-bond acceptors (Lipinski definition) is 2. The van der Waals surface area contributed by atoms with Crippen molar-refractivity contribution >= 4 is 21.6 Å². The van der Waals surface area contributed by atoms with E-state index in [9.17, 15) is 0 Å². The van der Waals surface area contributed by atoms with Crippen LogP contribution in [-0.4, -0.2) is 25.2 Å². The normalized spacial score (nSPS) is 22.7. The van der Waals surface area contributed by atoms with Crippen LogP contribution in [0.25, 0.3) is 0 Å². The lowest BCUT2D eigenvalue weighted by Gasteiger charge is -2.42. The molecular formula is C15H21BrN2. The van der Waals surface area contributed by atoms with Crippen LogP contribution in [0.4, 0.5) is 5.69 Å². The van der Waals surface area contributed by atoms with E-state index in [2.05, 4.69) is 51.3 Å². The SMILES string of the molecule is Cc1cc(N2CCNC3(CCCC3)C2)ccc1Br. The van der Waals surface area contributed by atoms with Gasteiger partial charge in [0.05, 0.1) is 0 Å². The van der Waals surface area contributed by atoms with Gasteiger partial charge in [-0.05, 0) is 43.5 Å². The standard InChI is InChI=1S/C15H21BrN2/c1-12-10-13(4-5-14(12)16)18-9-8-17-15(11-18)6-2-3-7-15/h4-5,10,17H,2-3,6-9,11H2,1H3. The maximum absolute atomic E-state index is 3.77. The van der Waals surface area contributed by atoms with E-state index in [1.165, 1.54) is 48.0 Å². The second-order valence-electron chi connectivity index (χ2n) is 5.77. The van der Waals surface area contributed by atoms with Crippen molar-refractivity contribution in [3.63, 3.8) is 0 Å². The summed E-state index contributed by atoms with van der Waals surface area (Å²) < 4.78 is 1.21.